The quantitative estimate of drug-likeness (QED) is 0.514. The van der Waals surface area contributed by atoms with Gasteiger partial charge in [0.1, 0.15) is 0 Å². The molecule has 0 fully saturated rings. The van der Waals surface area contributed by atoms with Crippen LogP contribution >= 0.6 is 11.6 Å². The van der Waals surface area contributed by atoms with Crippen LogP contribution in [-0.2, 0) is 6.54 Å². The molecule has 0 aliphatic carbocycles. The SMILES string of the molecule is Clc1ccc2c(ccn2Cc2ccc3ccccc3n2)c1. The fourth-order valence-corrected chi connectivity index (χ4v) is 2.86. The van der Waals surface area contributed by atoms with Gasteiger partial charge in [-0.3, -0.25) is 4.98 Å². The first-order chi connectivity index (χ1) is 10.3. The molecule has 0 bridgehead atoms. The third-order valence-corrected chi connectivity index (χ3v) is 3.96. The Morgan fingerprint density at radius 1 is 0.905 bits per heavy atom. The van der Waals surface area contributed by atoms with Crippen molar-refractivity contribution in [1.29, 1.82) is 0 Å². The summed E-state index contributed by atoms with van der Waals surface area (Å²) in [5, 5.41) is 3.10. The first-order valence-corrected chi connectivity index (χ1v) is 7.26. The summed E-state index contributed by atoms with van der Waals surface area (Å²) in [6.07, 6.45) is 2.08. The van der Waals surface area contributed by atoms with Gasteiger partial charge in [0, 0.05) is 27.5 Å². The highest BCUT2D eigenvalue weighted by Gasteiger charge is 2.04. The molecule has 0 aliphatic rings. The molecule has 2 heterocycles. The molecule has 2 aromatic carbocycles. The number of hydrogen-bond donors (Lipinski definition) is 0. The van der Waals surface area contributed by atoms with Crippen LogP contribution in [0.3, 0.4) is 0 Å². The topological polar surface area (TPSA) is 17.8 Å². The van der Waals surface area contributed by atoms with Crippen LogP contribution in [0.25, 0.3) is 21.8 Å². The summed E-state index contributed by atoms with van der Waals surface area (Å²) in [6, 6.07) is 20.4. The molecule has 0 N–H and O–H groups in total. The number of aromatic nitrogens is 2. The third-order valence-electron chi connectivity index (χ3n) is 3.72. The van der Waals surface area contributed by atoms with Gasteiger partial charge in [-0.15, -0.1) is 0 Å². The van der Waals surface area contributed by atoms with Crippen LogP contribution in [0.2, 0.25) is 5.02 Å². The average molecular weight is 293 g/mol. The molecule has 3 heteroatoms. The number of para-hydroxylation sites is 1. The molecule has 4 aromatic rings. The number of halogens is 1. The second kappa shape index (κ2) is 4.90. The van der Waals surface area contributed by atoms with Crippen molar-refractivity contribution in [3.05, 3.63) is 77.6 Å². The van der Waals surface area contributed by atoms with E-state index in [0.717, 1.165) is 28.2 Å². The van der Waals surface area contributed by atoms with Crippen molar-refractivity contribution in [3.8, 4) is 0 Å². The largest absolute Gasteiger partial charge is 0.341 e. The third kappa shape index (κ3) is 2.28. The molecule has 0 radical (unpaired) electrons. The summed E-state index contributed by atoms with van der Waals surface area (Å²) >= 11 is 6.03. The summed E-state index contributed by atoms with van der Waals surface area (Å²) in [5.74, 6) is 0. The minimum absolute atomic E-state index is 0.760. The average Bonchev–Trinajstić information content (AvgIpc) is 2.89. The maximum absolute atomic E-state index is 6.03. The molecule has 4 rings (SSSR count). The monoisotopic (exact) mass is 292 g/mol. The summed E-state index contributed by atoms with van der Waals surface area (Å²) in [4.78, 5) is 4.73. The predicted octanol–water partition coefficient (Wildman–Crippen LogP) is 4.89. The van der Waals surface area contributed by atoms with E-state index < -0.39 is 0 Å². The maximum Gasteiger partial charge on any atom is 0.0706 e. The standard InChI is InChI=1S/C18H13ClN2/c19-15-6-8-18-14(11-15)9-10-21(18)12-16-7-5-13-3-1-2-4-17(13)20-16/h1-11H,12H2. The first kappa shape index (κ1) is 12.4. The van der Waals surface area contributed by atoms with E-state index in [1.165, 1.54) is 10.9 Å². The van der Waals surface area contributed by atoms with E-state index in [1.807, 2.05) is 30.3 Å². The molecular weight excluding hydrogens is 280 g/mol. The molecule has 0 atom stereocenters. The number of nitrogens with zero attached hydrogens (tertiary/aromatic N) is 2. The van der Waals surface area contributed by atoms with E-state index >= 15 is 0 Å². The fraction of sp³-hybridized carbons (Fsp3) is 0.0556. The highest BCUT2D eigenvalue weighted by Crippen LogP contribution is 2.21. The Hall–Kier alpha value is -2.32. The van der Waals surface area contributed by atoms with Crippen LogP contribution < -0.4 is 0 Å². The van der Waals surface area contributed by atoms with Crippen molar-refractivity contribution in [2.75, 3.05) is 0 Å². The van der Waals surface area contributed by atoms with Crippen molar-refractivity contribution in [1.82, 2.24) is 9.55 Å². The lowest BCUT2D eigenvalue weighted by molar-refractivity contribution is 0.812. The highest BCUT2D eigenvalue weighted by atomic mass is 35.5. The van der Waals surface area contributed by atoms with Gasteiger partial charge in [-0.1, -0.05) is 35.9 Å². The van der Waals surface area contributed by atoms with Crippen molar-refractivity contribution in [2.45, 2.75) is 6.54 Å². The van der Waals surface area contributed by atoms with Gasteiger partial charge in [-0.2, -0.15) is 0 Å². The predicted molar refractivity (Wildman–Crippen MR) is 87.8 cm³/mol. The molecule has 0 saturated heterocycles. The van der Waals surface area contributed by atoms with Crippen LogP contribution in [0.5, 0.6) is 0 Å². The van der Waals surface area contributed by atoms with Crippen molar-refractivity contribution in [2.24, 2.45) is 0 Å². The van der Waals surface area contributed by atoms with Crippen LogP contribution in [0.15, 0.2) is 66.9 Å². The Morgan fingerprint density at radius 2 is 1.81 bits per heavy atom. The van der Waals surface area contributed by atoms with Crippen molar-refractivity contribution in [3.63, 3.8) is 0 Å². The van der Waals surface area contributed by atoms with Gasteiger partial charge in [-0.05, 0) is 36.4 Å². The van der Waals surface area contributed by atoms with E-state index in [4.69, 9.17) is 16.6 Å². The van der Waals surface area contributed by atoms with Crippen LogP contribution in [-0.4, -0.2) is 9.55 Å². The lowest BCUT2D eigenvalue weighted by atomic mass is 10.2. The summed E-state index contributed by atoms with van der Waals surface area (Å²) in [7, 11) is 0. The Bertz CT molecular complexity index is 940. The normalized spacial score (nSPS) is 11.3. The molecular formula is C18H13ClN2. The zero-order chi connectivity index (χ0) is 14.2. The van der Waals surface area contributed by atoms with Crippen LogP contribution in [0.1, 0.15) is 5.69 Å². The molecule has 2 aromatic heterocycles. The highest BCUT2D eigenvalue weighted by molar-refractivity contribution is 6.31. The van der Waals surface area contributed by atoms with Gasteiger partial charge < -0.3 is 4.57 Å². The molecule has 0 unspecified atom stereocenters. The Kier molecular flexibility index (Phi) is 2.90. The lowest BCUT2D eigenvalue weighted by Crippen LogP contribution is -2.00. The number of benzene rings is 2. The minimum Gasteiger partial charge on any atom is -0.341 e. The first-order valence-electron chi connectivity index (χ1n) is 6.89. The van der Waals surface area contributed by atoms with Gasteiger partial charge >= 0.3 is 0 Å². The summed E-state index contributed by atoms with van der Waals surface area (Å²) in [6.45, 7) is 0.760. The van der Waals surface area contributed by atoms with Gasteiger partial charge in [0.15, 0.2) is 0 Å². The van der Waals surface area contributed by atoms with Crippen molar-refractivity contribution >= 4 is 33.4 Å². The molecule has 102 valence electrons. The number of rotatable bonds is 2. The Balaban J connectivity index is 1.75. The molecule has 2 nitrogen and oxygen atoms in total. The zero-order valence-electron chi connectivity index (χ0n) is 11.3. The van der Waals surface area contributed by atoms with E-state index in [0.29, 0.717) is 0 Å². The Morgan fingerprint density at radius 3 is 2.76 bits per heavy atom. The maximum atomic E-state index is 6.03. The second-order valence-electron chi connectivity index (χ2n) is 5.14. The Labute approximate surface area is 127 Å². The smallest absolute Gasteiger partial charge is 0.0706 e. The fourth-order valence-electron chi connectivity index (χ4n) is 2.68. The molecule has 0 aliphatic heterocycles. The van der Waals surface area contributed by atoms with Gasteiger partial charge in [0.05, 0.1) is 17.8 Å². The van der Waals surface area contributed by atoms with Gasteiger partial charge in [0.25, 0.3) is 0 Å². The van der Waals surface area contributed by atoms with Crippen molar-refractivity contribution < 1.29 is 0 Å². The number of fused-ring (bicyclic) bond motifs is 2. The number of hydrogen-bond acceptors (Lipinski definition) is 1. The van der Waals surface area contributed by atoms with Crippen LogP contribution in [0.4, 0.5) is 0 Å². The molecule has 0 amide bonds. The summed E-state index contributed by atoms with van der Waals surface area (Å²) in [5.41, 5.74) is 3.27. The lowest BCUT2D eigenvalue weighted by Gasteiger charge is -2.06. The van der Waals surface area contributed by atoms with E-state index in [-0.39, 0.29) is 0 Å². The molecule has 0 saturated carbocycles. The van der Waals surface area contributed by atoms with Gasteiger partial charge in [-0.25, -0.2) is 0 Å². The minimum atomic E-state index is 0.760. The summed E-state index contributed by atoms with van der Waals surface area (Å²) < 4.78 is 2.20. The van der Waals surface area contributed by atoms with Gasteiger partial charge in [0.2, 0.25) is 0 Å². The second-order valence-corrected chi connectivity index (χ2v) is 5.58. The number of pyridine rings is 1. The molecule has 21 heavy (non-hydrogen) atoms. The molecule has 0 spiro atoms. The van der Waals surface area contributed by atoms with Crippen LogP contribution in [0, 0.1) is 0 Å². The van der Waals surface area contributed by atoms with E-state index in [2.05, 4.69) is 41.1 Å². The van der Waals surface area contributed by atoms with E-state index in [1.54, 1.807) is 0 Å². The zero-order valence-corrected chi connectivity index (χ0v) is 12.1. The van der Waals surface area contributed by atoms with E-state index in [9.17, 15) is 0 Å².